The molecular formula is C14H17BrClF. The van der Waals surface area contributed by atoms with E-state index in [1.54, 1.807) is 12.1 Å². The Morgan fingerprint density at radius 1 is 1.47 bits per heavy atom. The summed E-state index contributed by atoms with van der Waals surface area (Å²) in [6.07, 6.45) is 3.63. The van der Waals surface area contributed by atoms with Crippen molar-refractivity contribution < 1.29 is 4.39 Å². The third kappa shape index (κ3) is 2.68. The number of hydrogen-bond acceptors (Lipinski definition) is 0. The maximum absolute atomic E-state index is 13.2. The van der Waals surface area contributed by atoms with Gasteiger partial charge in [-0.25, -0.2) is 4.39 Å². The van der Waals surface area contributed by atoms with Crippen molar-refractivity contribution in [2.24, 2.45) is 11.3 Å². The van der Waals surface area contributed by atoms with Crippen molar-refractivity contribution in [2.75, 3.05) is 0 Å². The highest BCUT2D eigenvalue weighted by Gasteiger charge is 2.39. The number of alkyl halides is 1. The van der Waals surface area contributed by atoms with Crippen molar-refractivity contribution in [3.8, 4) is 0 Å². The van der Waals surface area contributed by atoms with Crippen molar-refractivity contribution in [3.63, 3.8) is 0 Å². The van der Waals surface area contributed by atoms with Crippen LogP contribution in [0.2, 0.25) is 0 Å². The van der Waals surface area contributed by atoms with E-state index in [-0.39, 0.29) is 16.6 Å². The maximum atomic E-state index is 13.2. The molecule has 1 fully saturated rings. The second kappa shape index (κ2) is 4.89. The molecule has 0 spiro atoms. The van der Waals surface area contributed by atoms with Gasteiger partial charge in [0.15, 0.2) is 0 Å². The lowest BCUT2D eigenvalue weighted by Gasteiger charge is -2.31. The summed E-state index contributed by atoms with van der Waals surface area (Å²) in [7, 11) is 0. The van der Waals surface area contributed by atoms with Gasteiger partial charge in [-0.2, -0.15) is 0 Å². The molecule has 0 bridgehead atoms. The highest BCUT2D eigenvalue weighted by atomic mass is 79.9. The van der Waals surface area contributed by atoms with Crippen LogP contribution >= 0.6 is 27.5 Å². The van der Waals surface area contributed by atoms with Gasteiger partial charge in [-0.3, -0.25) is 0 Å². The van der Waals surface area contributed by atoms with Gasteiger partial charge in [-0.15, -0.1) is 11.6 Å². The Morgan fingerprint density at radius 3 is 2.71 bits per heavy atom. The molecule has 94 valence electrons. The molecular weight excluding hydrogens is 303 g/mol. The van der Waals surface area contributed by atoms with Crippen molar-refractivity contribution in [1.29, 1.82) is 0 Å². The quantitative estimate of drug-likeness (QED) is 0.614. The fraction of sp³-hybridized carbons (Fsp3) is 0.571. The second-order valence-electron chi connectivity index (χ2n) is 5.56. The molecule has 1 aliphatic carbocycles. The molecule has 0 aromatic heterocycles. The summed E-state index contributed by atoms with van der Waals surface area (Å²) in [5, 5.41) is -0.0237. The summed E-state index contributed by atoms with van der Waals surface area (Å²) < 4.78 is 13.7. The molecule has 0 radical (unpaired) electrons. The smallest absolute Gasteiger partial charge is 0.137 e. The van der Waals surface area contributed by atoms with Gasteiger partial charge >= 0.3 is 0 Å². The number of halogens is 3. The van der Waals surface area contributed by atoms with Crippen LogP contribution < -0.4 is 0 Å². The first-order valence-electron chi connectivity index (χ1n) is 6.01. The number of rotatable bonds is 2. The third-order valence-electron chi connectivity index (χ3n) is 3.96. The molecule has 1 aromatic carbocycles. The zero-order valence-corrected chi connectivity index (χ0v) is 12.5. The lowest BCUT2D eigenvalue weighted by atomic mass is 9.78. The first-order chi connectivity index (χ1) is 7.92. The van der Waals surface area contributed by atoms with Gasteiger partial charge in [0.1, 0.15) is 5.82 Å². The first kappa shape index (κ1) is 13.4. The molecule has 0 amide bonds. The molecule has 0 aliphatic heterocycles. The molecule has 2 atom stereocenters. The summed E-state index contributed by atoms with van der Waals surface area (Å²) in [5.74, 6) is 0.241. The van der Waals surface area contributed by atoms with Gasteiger partial charge in [0.2, 0.25) is 0 Å². The Bertz CT molecular complexity index is 417. The highest BCUT2D eigenvalue weighted by molar-refractivity contribution is 9.10. The monoisotopic (exact) mass is 318 g/mol. The fourth-order valence-electron chi connectivity index (χ4n) is 2.81. The van der Waals surface area contributed by atoms with Crippen LogP contribution in [-0.4, -0.2) is 0 Å². The van der Waals surface area contributed by atoms with Crippen molar-refractivity contribution in [2.45, 2.75) is 38.5 Å². The summed E-state index contributed by atoms with van der Waals surface area (Å²) in [5.41, 5.74) is 1.30. The van der Waals surface area contributed by atoms with E-state index in [2.05, 4.69) is 29.8 Å². The third-order valence-corrected chi connectivity index (χ3v) is 5.12. The fourth-order valence-corrected chi connectivity index (χ4v) is 3.81. The van der Waals surface area contributed by atoms with Crippen molar-refractivity contribution in [1.82, 2.24) is 0 Å². The first-order valence-corrected chi connectivity index (χ1v) is 7.24. The Morgan fingerprint density at radius 2 is 2.18 bits per heavy atom. The molecule has 2 rings (SSSR count). The molecule has 1 saturated carbocycles. The average Bonchev–Trinajstić information content (AvgIpc) is 2.61. The predicted molar refractivity (Wildman–Crippen MR) is 73.8 cm³/mol. The summed E-state index contributed by atoms with van der Waals surface area (Å²) >= 11 is 9.80. The van der Waals surface area contributed by atoms with Gasteiger partial charge in [0.25, 0.3) is 0 Å². The molecule has 0 N–H and O–H groups in total. The average molecular weight is 320 g/mol. The van der Waals surface area contributed by atoms with Crippen LogP contribution in [0.15, 0.2) is 22.7 Å². The van der Waals surface area contributed by atoms with Crippen LogP contribution in [0, 0.1) is 17.2 Å². The Labute approximate surface area is 116 Å². The molecule has 2 unspecified atom stereocenters. The van der Waals surface area contributed by atoms with Crippen molar-refractivity contribution >= 4 is 27.5 Å². The van der Waals surface area contributed by atoms with Crippen LogP contribution in [0.1, 0.15) is 44.1 Å². The van der Waals surface area contributed by atoms with E-state index in [0.717, 1.165) is 12.0 Å². The molecule has 3 heteroatoms. The highest BCUT2D eigenvalue weighted by Crippen LogP contribution is 2.51. The minimum atomic E-state index is -0.233. The molecule has 17 heavy (non-hydrogen) atoms. The lowest BCUT2D eigenvalue weighted by molar-refractivity contribution is 0.252. The van der Waals surface area contributed by atoms with Gasteiger partial charge < -0.3 is 0 Å². The SMILES string of the molecule is CC1(C)CCCC1C(Cl)c1ccc(F)c(Br)c1. The number of benzene rings is 1. The van der Waals surface area contributed by atoms with E-state index in [4.69, 9.17) is 11.6 Å². The largest absolute Gasteiger partial charge is 0.206 e. The van der Waals surface area contributed by atoms with E-state index < -0.39 is 0 Å². The molecule has 0 heterocycles. The molecule has 1 aromatic rings. The van der Waals surface area contributed by atoms with E-state index in [1.807, 2.05) is 0 Å². The number of hydrogen-bond donors (Lipinski definition) is 0. The van der Waals surface area contributed by atoms with Crippen LogP contribution in [0.3, 0.4) is 0 Å². The van der Waals surface area contributed by atoms with Gasteiger partial charge in [-0.05, 0) is 57.8 Å². The zero-order valence-electron chi connectivity index (χ0n) is 10.1. The minimum absolute atomic E-state index is 0.0237. The van der Waals surface area contributed by atoms with E-state index in [0.29, 0.717) is 10.4 Å². The normalized spacial score (nSPS) is 24.9. The van der Waals surface area contributed by atoms with E-state index in [1.165, 1.54) is 18.9 Å². The minimum Gasteiger partial charge on any atom is -0.206 e. The summed E-state index contributed by atoms with van der Waals surface area (Å²) in [4.78, 5) is 0. The van der Waals surface area contributed by atoms with Gasteiger partial charge in [0.05, 0.1) is 9.85 Å². The lowest BCUT2D eigenvalue weighted by Crippen LogP contribution is -2.21. The second-order valence-corrected chi connectivity index (χ2v) is 6.89. The summed E-state index contributed by atoms with van der Waals surface area (Å²) in [6, 6.07) is 5.09. The van der Waals surface area contributed by atoms with Crippen LogP contribution in [-0.2, 0) is 0 Å². The Kier molecular flexibility index (Phi) is 3.84. The van der Waals surface area contributed by atoms with Crippen LogP contribution in [0.25, 0.3) is 0 Å². The Hall–Kier alpha value is -0.0800. The molecule has 1 aliphatic rings. The standard InChI is InChI=1S/C14H17BrClF/c1-14(2)7-3-4-10(14)13(16)9-5-6-12(17)11(15)8-9/h5-6,8,10,13H,3-4,7H2,1-2H3. The van der Waals surface area contributed by atoms with Crippen molar-refractivity contribution in [3.05, 3.63) is 34.1 Å². The van der Waals surface area contributed by atoms with Crippen LogP contribution in [0.4, 0.5) is 4.39 Å². The topological polar surface area (TPSA) is 0 Å². The van der Waals surface area contributed by atoms with Gasteiger partial charge in [-0.1, -0.05) is 26.3 Å². The van der Waals surface area contributed by atoms with Crippen LogP contribution in [0.5, 0.6) is 0 Å². The zero-order chi connectivity index (χ0) is 12.6. The van der Waals surface area contributed by atoms with Gasteiger partial charge in [0, 0.05) is 0 Å². The predicted octanol–water partition coefficient (Wildman–Crippen LogP) is 5.69. The summed E-state index contributed by atoms with van der Waals surface area (Å²) in [6.45, 7) is 4.55. The molecule has 0 nitrogen and oxygen atoms in total. The molecule has 0 saturated heterocycles. The Balaban J connectivity index is 2.25. The van der Waals surface area contributed by atoms with E-state index >= 15 is 0 Å². The van der Waals surface area contributed by atoms with E-state index in [9.17, 15) is 4.39 Å². The maximum Gasteiger partial charge on any atom is 0.137 e.